The lowest BCUT2D eigenvalue weighted by Gasteiger charge is -1.98. The summed E-state index contributed by atoms with van der Waals surface area (Å²) in [6.45, 7) is 0. The number of aromatic nitrogens is 3. The van der Waals surface area contributed by atoms with Gasteiger partial charge in [-0.05, 0) is 0 Å². The molecule has 2 aromatic heterocycles. The van der Waals surface area contributed by atoms with Crippen LogP contribution in [0.15, 0.2) is 53.4 Å². The maximum atomic E-state index is 5.33. The molecule has 0 aliphatic carbocycles. The summed E-state index contributed by atoms with van der Waals surface area (Å²) in [5.41, 5.74) is 2.85. The van der Waals surface area contributed by atoms with Gasteiger partial charge in [-0.15, -0.1) is 0 Å². The van der Waals surface area contributed by atoms with Crippen LogP contribution in [-0.2, 0) is 7.05 Å². The molecule has 0 bridgehead atoms. The van der Waals surface area contributed by atoms with Crippen LogP contribution in [0.4, 0.5) is 0 Å². The maximum Gasteiger partial charge on any atom is 0.229 e. The van der Waals surface area contributed by atoms with Crippen LogP contribution in [0, 0.1) is 0 Å². The van der Waals surface area contributed by atoms with E-state index in [0.717, 1.165) is 16.8 Å². The van der Waals surface area contributed by atoms with E-state index in [2.05, 4.69) is 10.1 Å². The van der Waals surface area contributed by atoms with Gasteiger partial charge >= 0.3 is 0 Å². The molecule has 0 saturated carbocycles. The Hall–Kier alpha value is -2.36. The standard InChI is InChI=1S/C13H11N3O/c1-16-9-11(13-14-7-8-17-13)12(15-16)10-5-3-2-4-6-10/h2-9H,1H3. The fourth-order valence-electron chi connectivity index (χ4n) is 1.81. The molecule has 0 radical (unpaired) electrons. The van der Waals surface area contributed by atoms with Crippen molar-refractivity contribution in [1.82, 2.24) is 14.8 Å². The van der Waals surface area contributed by atoms with Gasteiger partial charge in [-0.1, -0.05) is 30.3 Å². The maximum absolute atomic E-state index is 5.33. The van der Waals surface area contributed by atoms with Crippen LogP contribution in [-0.4, -0.2) is 14.8 Å². The van der Waals surface area contributed by atoms with Gasteiger partial charge in [0.25, 0.3) is 0 Å². The van der Waals surface area contributed by atoms with Gasteiger partial charge in [-0.2, -0.15) is 5.10 Å². The molecule has 0 spiro atoms. The number of hydrogen-bond acceptors (Lipinski definition) is 3. The smallest absolute Gasteiger partial charge is 0.229 e. The molecule has 4 nitrogen and oxygen atoms in total. The minimum atomic E-state index is 0.594. The van der Waals surface area contributed by atoms with E-state index in [1.165, 1.54) is 0 Å². The highest BCUT2D eigenvalue weighted by Gasteiger charge is 2.14. The third-order valence-electron chi connectivity index (χ3n) is 2.54. The van der Waals surface area contributed by atoms with Crippen LogP contribution in [0.3, 0.4) is 0 Å². The molecule has 0 atom stereocenters. The zero-order chi connectivity index (χ0) is 11.7. The van der Waals surface area contributed by atoms with Crippen molar-refractivity contribution >= 4 is 0 Å². The predicted octanol–water partition coefficient (Wildman–Crippen LogP) is 2.74. The van der Waals surface area contributed by atoms with Crippen molar-refractivity contribution in [3.05, 3.63) is 49.0 Å². The molecule has 1 aromatic carbocycles. The first-order valence-corrected chi connectivity index (χ1v) is 5.33. The number of oxazole rings is 1. The van der Waals surface area contributed by atoms with Crippen LogP contribution < -0.4 is 0 Å². The second kappa shape index (κ2) is 3.90. The SMILES string of the molecule is Cn1cc(-c2ncco2)c(-c2ccccc2)n1. The molecule has 4 heteroatoms. The number of aryl methyl sites for hydroxylation is 1. The molecule has 17 heavy (non-hydrogen) atoms. The van der Waals surface area contributed by atoms with Crippen LogP contribution in [0.5, 0.6) is 0 Å². The molecule has 0 amide bonds. The largest absolute Gasteiger partial charge is 0.444 e. The minimum absolute atomic E-state index is 0.594. The van der Waals surface area contributed by atoms with Gasteiger partial charge in [0, 0.05) is 18.8 Å². The normalized spacial score (nSPS) is 10.6. The van der Waals surface area contributed by atoms with E-state index >= 15 is 0 Å². The van der Waals surface area contributed by atoms with E-state index in [-0.39, 0.29) is 0 Å². The van der Waals surface area contributed by atoms with Crippen molar-refractivity contribution in [1.29, 1.82) is 0 Å². The van der Waals surface area contributed by atoms with E-state index in [1.807, 2.05) is 43.6 Å². The van der Waals surface area contributed by atoms with Gasteiger partial charge in [0.05, 0.1) is 11.8 Å². The molecule has 2 heterocycles. The van der Waals surface area contributed by atoms with E-state index in [9.17, 15) is 0 Å². The lowest BCUT2D eigenvalue weighted by Crippen LogP contribution is -1.87. The van der Waals surface area contributed by atoms with Crippen LogP contribution in [0.25, 0.3) is 22.7 Å². The zero-order valence-corrected chi connectivity index (χ0v) is 9.37. The molecule has 0 saturated heterocycles. The molecular weight excluding hydrogens is 214 g/mol. The highest BCUT2D eigenvalue weighted by molar-refractivity contribution is 5.76. The van der Waals surface area contributed by atoms with E-state index < -0.39 is 0 Å². The highest BCUT2D eigenvalue weighted by Crippen LogP contribution is 2.29. The predicted molar refractivity (Wildman–Crippen MR) is 64.1 cm³/mol. The minimum Gasteiger partial charge on any atom is -0.444 e. The Bertz CT molecular complexity index is 611. The number of rotatable bonds is 2. The number of nitrogens with zero attached hydrogens (tertiary/aromatic N) is 3. The lowest BCUT2D eigenvalue weighted by atomic mass is 10.1. The van der Waals surface area contributed by atoms with Crippen molar-refractivity contribution < 1.29 is 4.42 Å². The van der Waals surface area contributed by atoms with Gasteiger partial charge in [0.15, 0.2) is 0 Å². The van der Waals surface area contributed by atoms with Crippen LogP contribution in [0.1, 0.15) is 0 Å². The second-order valence-corrected chi connectivity index (χ2v) is 3.77. The van der Waals surface area contributed by atoms with E-state index in [1.54, 1.807) is 17.1 Å². The van der Waals surface area contributed by atoms with Crippen molar-refractivity contribution in [2.45, 2.75) is 0 Å². The van der Waals surface area contributed by atoms with Crippen LogP contribution >= 0.6 is 0 Å². The Morgan fingerprint density at radius 3 is 2.71 bits per heavy atom. The summed E-state index contributed by atoms with van der Waals surface area (Å²) in [5, 5.41) is 4.45. The summed E-state index contributed by atoms with van der Waals surface area (Å²) in [5.74, 6) is 0.594. The lowest BCUT2D eigenvalue weighted by molar-refractivity contribution is 0.574. The Labute approximate surface area is 98.5 Å². The highest BCUT2D eigenvalue weighted by atomic mass is 16.3. The Kier molecular flexibility index (Phi) is 2.26. The Balaban J connectivity index is 2.18. The van der Waals surface area contributed by atoms with Crippen LogP contribution in [0.2, 0.25) is 0 Å². The number of hydrogen-bond donors (Lipinski definition) is 0. The monoisotopic (exact) mass is 225 g/mol. The first-order valence-electron chi connectivity index (χ1n) is 5.33. The summed E-state index contributed by atoms with van der Waals surface area (Å²) in [7, 11) is 1.89. The molecule has 0 unspecified atom stereocenters. The summed E-state index contributed by atoms with van der Waals surface area (Å²) >= 11 is 0. The molecule has 0 fully saturated rings. The average Bonchev–Trinajstić information content (AvgIpc) is 2.98. The topological polar surface area (TPSA) is 43.9 Å². The third kappa shape index (κ3) is 1.73. The second-order valence-electron chi connectivity index (χ2n) is 3.77. The average molecular weight is 225 g/mol. The fourth-order valence-corrected chi connectivity index (χ4v) is 1.81. The third-order valence-corrected chi connectivity index (χ3v) is 2.54. The van der Waals surface area contributed by atoms with Crippen molar-refractivity contribution in [2.24, 2.45) is 7.05 Å². The molecule has 0 aliphatic rings. The molecule has 3 rings (SSSR count). The fraction of sp³-hybridized carbons (Fsp3) is 0.0769. The van der Waals surface area contributed by atoms with Crippen molar-refractivity contribution in [3.8, 4) is 22.7 Å². The Morgan fingerprint density at radius 1 is 1.18 bits per heavy atom. The Morgan fingerprint density at radius 2 is 2.00 bits per heavy atom. The van der Waals surface area contributed by atoms with Crippen molar-refractivity contribution in [2.75, 3.05) is 0 Å². The first-order chi connectivity index (χ1) is 8.34. The zero-order valence-electron chi connectivity index (χ0n) is 9.37. The van der Waals surface area contributed by atoms with Gasteiger partial charge in [0.1, 0.15) is 12.0 Å². The quantitative estimate of drug-likeness (QED) is 0.673. The molecule has 0 aliphatic heterocycles. The van der Waals surface area contributed by atoms with Crippen molar-refractivity contribution in [3.63, 3.8) is 0 Å². The van der Waals surface area contributed by atoms with Gasteiger partial charge in [0.2, 0.25) is 5.89 Å². The van der Waals surface area contributed by atoms with Gasteiger partial charge in [-0.25, -0.2) is 4.98 Å². The van der Waals surface area contributed by atoms with E-state index in [4.69, 9.17) is 4.42 Å². The first kappa shape index (κ1) is 9.84. The summed E-state index contributed by atoms with van der Waals surface area (Å²) in [6, 6.07) is 10.0. The molecule has 3 aromatic rings. The van der Waals surface area contributed by atoms with Gasteiger partial charge < -0.3 is 4.42 Å². The summed E-state index contributed by atoms with van der Waals surface area (Å²) < 4.78 is 7.10. The summed E-state index contributed by atoms with van der Waals surface area (Å²) in [6.07, 6.45) is 5.11. The summed E-state index contributed by atoms with van der Waals surface area (Å²) in [4.78, 5) is 4.17. The number of benzene rings is 1. The molecular formula is C13H11N3O. The molecule has 84 valence electrons. The van der Waals surface area contributed by atoms with E-state index in [0.29, 0.717) is 5.89 Å². The van der Waals surface area contributed by atoms with Gasteiger partial charge in [-0.3, -0.25) is 4.68 Å². The molecule has 0 N–H and O–H groups in total.